The molecule has 1 amide bonds. The Morgan fingerprint density at radius 1 is 1.48 bits per heavy atom. The van der Waals surface area contributed by atoms with Crippen LogP contribution in [-0.2, 0) is 11.2 Å². The quantitative estimate of drug-likeness (QED) is 0.877. The minimum Gasteiger partial charge on any atom is -0.396 e. The lowest BCUT2D eigenvalue weighted by Crippen LogP contribution is -2.48. The molecule has 2 heterocycles. The van der Waals surface area contributed by atoms with Crippen molar-refractivity contribution in [1.82, 2.24) is 4.90 Å². The van der Waals surface area contributed by atoms with Gasteiger partial charge in [-0.05, 0) is 43.0 Å². The first kappa shape index (κ1) is 15.0. The van der Waals surface area contributed by atoms with Crippen molar-refractivity contribution in [3.63, 3.8) is 0 Å². The maximum Gasteiger partial charge on any atom is 0.222 e. The van der Waals surface area contributed by atoms with Crippen LogP contribution in [0.25, 0.3) is 0 Å². The number of carbonyl (C=O) groups excluding carboxylic acids is 1. The fourth-order valence-electron chi connectivity index (χ4n) is 3.56. The third kappa shape index (κ3) is 3.86. The average molecular weight is 307 g/mol. The zero-order valence-electron chi connectivity index (χ0n) is 12.6. The molecule has 3 rings (SSSR count). The smallest absolute Gasteiger partial charge is 0.222 e. The summed E-state index contributed by atoms with van der Waals surface area (Å²) in [6, 6.07) is 4.14. The van der Waals surface area contributed by atoms with E-state index in [1.54, 1.807) is 11.3 Å². The van der Waals surface area contributed by atoms with Crippen LogP contribution in [0.4, 0.5) is 0 Å². The molecule has 1 unspecified atom stereocenters. The number of carbonyl (C=O) groups is 1. The minimum atomic E-state index is -0.0159. The minimum absolute atomic E-state index is 0.0159. The normalized spacial score (nSPS) is 26.0. The van der Waals surface area contributed by atoms with E-state index in [0.717, 1.165) is 44.7 Å². The molecule has 116 valence electrons. The van der Waals surface area contributed by atoms with Gasteiger partial charge in [-0.1, -0.05) is 18.9 Å². The molecular weight excluding hydrogens is 282 g/mol. The van der Waals surface area contributed by atoms with Crippen LogP contribution in [0.15, 0.2) is 17.5 Å². The maximum absolute atomic E-state index is 12.4. The first-order valence-corrected chi connectivity index (χ1v) is 9.00. The molecule has 4 heteroatoms. The summed E-state index contributed by atoms with van der Waals surface area (Å²) in [5.41, 5.74) is -0.0159. The summed E-state index contributed by atoms with van der Waals surface area (Å²) < 4.78 is 0. The van der Waals surface area contributed by atoms with Gasteiger partial charge in [-0.2, -0.15) is 0 Å². The summed E-state index contributed by atoms with van der Waals surface area (Å²) in [6.45, 7) is 1.87. The zero-order chi connectivity index (χ0) is 14.7. The Labute approximate surface area is 131 Å². The van der Waals surface area contributed by atoms with Crippen LogP contribution in [0.3, 0.4) is 0 Å². The van der Waals surface area contributed by atoms with Crippen molar-refractivity contribution in [2.45, 2.75) is 44.9 Å². The topological polar surface area (TPSA) is 40.5 Å². The first-order valence-electron chi connectivity index (χ1n) is 8.12. The molecule has 1 aromatic heterocycles. The molecule has 1 saturated carbocycles. The molecule has 1 atom stereocenters. The fraction of sp³-hybridized carbons (Fsp3) is 0.706. The van der Waals surface area contributed by atoms with Gasteiger partial charge < -0.3 is 10.0 Å². The molecule has 2 fully saturated rings. The van der Waals surface area contributed by atoms with Crippen molar-refractivity contribution in [3.05, 3.63) is 22.4 Å². The Kier molecular flexibility index (Phi) is 4.65. The van der Waals surface area contributed by atoms with Gasteiger partial charge in [0, 0.05) is 29.8 Å². The van der Waals surface area contributed by atoms with Crippen molar-refractivity contribution in [3.8, 4) is 0 Å². The maximum atomic E-state index is 12.4. The SMILES string of the molecule is O=C(CCc1cccs1)N1CCCC(CO)(CC2CC2)C1. The summed E-state index contributed by atoms with van der Waals surface area (Å²) in [5, 5.41) is 11.9. The standard InChI is InChI=1S/C17H25NO2S/c19-13-17(11-14-4-5-14)8-2-9-18(12-17)16(20)7-6-15-3-1-10-21-15/h1,3,10,14,19H,2,4-9,11-13H2. The molecule has 3 nitrogen and oxygen atoms in total. The second kappa shape index (κ2) is 6.49. The number of aliphatic hydroxyl groups excluding tert-OH is 1. The second-order valence-electron chi connectivity index (χ2n) is 6.80. The van der Waals surface area contributed by atoms with Crippen LogP contribution in [0, 0.1) is 11.3 Å². The highest BCUT2D eigenvalue weighted by Crippen LogP contribution is 2.44. The predicted molar refractivity (Wildman–Crippen MR) is 85.3 cm³/mol. The molecule has 2 aliphatic rings. The number of hydrogen-bond acceptors (Lipinski definition) is 3. The summed E-state index contributed by atoms with van der Waals surface area (Å²) in [5.74, 6) is 1.06. The van der Waals surface area contributed by atoms with Crippen LogP contribution in [-0.4, -0.2) is 35.6 Å². The van der Waals surface area contributed by atoms with Gasteiger partial charge in [0.1, 0.15) is 0 Å². The number of nitrogens with zero attached hydrogens (tertiary/aromatic N) is 1. The molecule has 0 aromatic carbocycles. The Morgan fingerprint density at radius 2 is 2.33 bits per heavy atom. The number of likely N-dealkylation sites (tertiary alicyclic amines) is 1. The fourth-order valence-corrected chi connectivity index (χ4v) is 4.27. The number of rotatable bonds is 6. The van der Waals surface area contributed by atoms with E-state index in [1.807, 2.05) is 11.0 Å². The van der Waals surface area contributed by atoms with Gasteiger partial charge in [-0.25, -0.2) is 0 Å². The third-order valence-corrected chi connectivity index (χ3v) is 5.87. The Balaban J connectivity index is 1.55. The van der Waals surface area contributed by atoms with E-state index < -0.39 is 0 Å². The Morgan fingerprint density at radius 3 is 3.00 bits per heavy atom. The molecule has 1 aromatic rings. The lowest BCUT2D eigenvalue weighted by atomic mass is 9.76. The summed E-state index contributed by atoms with van der Waals surface area (Å²) in [4.78, 5) is 15.7. The van der Waals surface area contributed by atoms with E-state index in [0.29, 0.717) is 6.42 Å². The Bertz CT molecular complexity index is 469. The van der Waals surface area contributed by atoms with Gasteiger partial charge >= 0.3 is 0 Å². The van der Waals surface area contributed by atoms with E-state index >= 15 is 0 Å². The zero-order valence-corrected chi connectivity index (χ0v) is 13.4. The third-order valence-electron chi connectivity index (χ3n) is 4.93. The second-order valence-corrected chi connectivity index (χ2v) is 7.84. The van der Waals surface area contributed by atoms with Crippen molar-refractivity contribution >= 4 is 17.2 Å². The predicted octanol–water partition coefficient (Wildman–Crippen LogP) is 3.08. The van der Waals surface area contributed by atoms with Crippen molar-refractivity contribution in [1.29, 1.82) is 0 Å². The van der Waals surface area contributed by atoms with Gasteiger partial charge in [-0.3, -0.25) is 4.79 Å². The summed E-state index contributed by atoms with van der Waals surface area (Å²) >= 11 is 1.72. The van der Waals surface area contributed by atoms with E-state index in [-0.39, 0.29) is 17.9 Å². The largest absolute Gasteiger partial charge is 0.396 e. The van der Waals surface area contributed by atoms with Gasteiger partial charge in [0.25, 0.3) is 0 Å². The Hall–Kier alpha value is -0.870. The van der Waals surface area contributed by atoms with Crippen molar-refractivity contribution in [2.24, 2.45) is 11.3 Å². The van der Waals surface area contributed by atoms with Crippen LogP contribution in [0.5, 0.6) is 0 Å². The lowest BCUT2D eigenvalue weighted by molar-refractivity contribution is -0.135. The average Bonchev–Trinajstić information content (AvgIpc) is 3.16. The van der Waals surface area contributed by atoms with Crippen molar-refractivity contribution < 1.29 is 9.90 Å². The van der Waals surface area contributed by atoms with Gasteiger partial charge in [0.2, 0.25) is 5.91 Å². The van der Waals surface area contributed by atoms with Gasteiger partial charge in [0.05, 0.1) is 6.61 Å². The number of aryl methyl sites for hydroxylation is 1. The van der Waals surface area contributed by atoms with Crippen LogP contribution < -0.4 is 0 Å². The monoisotopic (exact) mass is 307 g/mol. The highest BCUT2D eigenvalue weighted by atomic mass is 32.1. The number of aliphatic hydroxyl groups is 1. The number of piperidine rings is 1. The molecule has 0 bridgehead atoms. The van der Waals surface area contributed by atoms with Gasteiger partial charge in [-0.15, -0.1) is 11.3 Å². The molecule has 0 radical (unpaired) electrons. The van der Waals surface area contributed by atoms with Gasteiger partial charge in [0.15, 0.2) is 0 Å². The van der Waals surface area contributed by atoms with E-state index in [4.69, 9.17) is 0 Å². The van der Waals surface area contributed by atoms with E-state index in [2.05, 4.69) is 11.4 Å². The molecular formula is C17H25NO2S. The van der Waals surface area contributed by atoms with Crippen molar-refractivity contribution in [2.75, 3.05) is 19.7 Å². The lowest BCUT2D eigenvalue weighted by Gasteiger charge is -2.42. The van der Waals surface area contributed by atoms with E-state index in [1.165, 1.54) is 17.7 Å². The highest BCUT2D eigenvalue weighted by Gasteiger charge is 2.40. The summed E-state index contributed by atoms with van der Waals surface area (Å²) in [6.07, 6.45) is 7.31. The number of amides is 1. The summed E-state index contributed by atoms with van der Waals surface area (Å²) in [7, 11) is 0. The highest BCUT2D eigenvalue weighted by molar-refractivity contribution is 7.09. The number of thiophene rings is 1. The molecule has 1 aliphatic heterocycles. The molecule has 21 heavy (non-hydrogen) atoms. The molecule has 0 spiro atoms. The van der Waals surface area contributed by atoms with Crippen LogP contribution in [0.2, 0.25) is 0 Å². The molecule has 1 aliphatic carbocycles. The van der Waals surface area contributed by atoms with E-state index in [9.17, 15) is 9.90 Å². The molecule has 1 N–H and O–H groups in total. The molecule has 1 saturated heterocycles. The number of hydrogen-bond donors (Lipinski definition) is 1. The van der Waals surface area contributed by atoms with Crippen LogP contribution in [0.1, 0.15) is 43.4 Å². The first-order chi connectivity index (χ1) is 10.2. The van der Waals surface area contributed by atoms with Crippen LogP contribution >= 0.6 is 11.3 Å².